The van der Waals surface area contributed by atoms with Crippen molar-refractivity contribution in [3.8, 4) is 0 Å². The first-order valence-corrected chi connectivity index (χ1v) is 6.78. The predicted molar refractivity (Wildman–Crippen MR) is 68.3 cm³/mol. The molecular formula is C13H13F5OS. The highest BCUT2D eigenvalue weighted by Gasteiger charge is 2.43. The molecule has 1 rings (SSSR count). The Morgan fingerprint density at radius 2 is 1.65 bits per heavy atom. The minimum absolute atomic E-state index is 0.302. The number of thioether (sulfide) groups is 1. The standard InChI is InChI=1S/C13H13F5OS/c14-9-13(17,18)8-12(15,16)6-7-20-11(19)10-4-2-1-3-5-10/h1-5H,6-9H2. The summed E-state index contributed by atoms with van der Waals surface area (Å²) >= 11 is 0.632. The fourth-order valence-electron chi connectivity index (χ4n) is 1.46. The van der Waals surface area contributed by atoms with E-state index in [-0.39, 0.29) is 5.75 Å². The zero-order chi connectivity index (χ0) is 15.2. The normalized spacial score (nSPS) is 12.4. The van der Waals surface area contributed by atoms with E-state index in [0.29, 0.717) is 17.3 Å². The fourth-order valence-corrected chi connectivity index (χ4v) is 2.35. The van der Waals surface area contributed by atoms with Crippen LogP contribution in [0, 0.1) is 0 Å². The number of hydrogen-bond acceptors (Lipinski definition) is 2. The van der Waals surface area contributed by atoms with Crippen LogP contribution < -0.4 is 0 Å². The number of carbonyl (C=O) groups is 1. The average molecular weight is 312 g/mol. The Hall–Kier alpha value is -1.11. The van der Waals surface area contributed by atoms with Crippen LogP contribution in [0.15, 0.2) is 30.3 Å². The molecule has 0 amide bonds. The molecule has 112 valence electrons. The van der Waals surface area contributed by atoms with Gasteiger partial charge in [-0.15, -0.1) is 0 Å². The first kappa shape index (κ1) is 16.9. The topological polar surface area (TPSA) is 17.1 Å². The summed E-state index contributed by atoms with van der Waals surface area (Å²) in [6, 6.07) is 8.03. The van der Waals surface area contributed by atoms with Gasteiger partial charge in [-0.3, -0.25) is 4.79 Å². The lowest BCUT2D eigenvalue weighted by atomic mass is 10.1. The summed E-state index contributed by atoms with van der Waals surface area (Å²) in [7, 11) is 0. The maximum atomic E-state index is 13.2. The van der Waals surface area contributed by atoms with E-state index in [2.05, 4.69) is 0 Å². The minimum Gasteiger partial charge on any atom is -0.282 e. The quantitative estimate of drug-likeness (QED) is 0.686. The van der Waals surface area contributed by atoms with Gasteiger partial charge in [0, 0.05) is 17.7 Å². The number of alkyl halides is 5. The van der Waals surface area contributed by atoms with Gasteiger partial charge in [0.15, 0.2) is 6.67 Å². The summed E-state index contributed by atoms with van der Waals surface area (Å²) in [5, 5.41) is -0.404. The number of carbonyl (C=O) groups excluding carboxylic acids is 1. The maximum absolute atomic E-state index is 13.2. The molecule has 1 aromatic carbocycles. The summed E-state index contributed by atoms with van der Waals surface area (Å²) < 4.78 is 63.3. The fraction of sp³-hybridized carbons (Fsp3) is 0.462. The lowest BCUT2D eigenvalue weighted by molar-refractivity contribution is -0.120. The smallest absolute Gasteiger partial charge is 0.281 e. The molecule has 0 spiro atoms. The first-order chi connectivity index (χ1) is 9.26. The van der Waals surface area contributed by atoms with Crippen LogP contribution in [0.5, 0.6) is 0 Å². The lowest BCUT2D eigenvalue weighted by Crippen LogP contribution is -2.31. The number of hydrogen-bond donors (Lipinski definition) is 0. The van der Waals surface area contributed by atoms with Crippen molar-refractivity contribution in [3.63, 3.8) is 0 Å². The summed E-state index contributed by atoms with van der Waals surface area (Å²) in [5.74, 6) is -8.03. The second-order valence-electron chi connectivity index (χ2n) is 4.27. The van der Waals surface area contributed by atoms with Crippen LogP contribution in [-0.2, 0) is 0 Å². The molecule has 0 fully saturated rings. The summed E-state index contributed by atoms with van der Waals surface area (Å²) in [4.78, 5) is 11.6. The zero-order valence-corrected chi connectivity index (χ0v) is 11.2. The van der Waals surface area contributed by atoms with Gasteiger partial charge in [0.2, 0.25) is 5.12 Å². The SMILES string of the molecule is O=C(SCCC(F)(F)CC(F)(F)CF)c1ccccc1. The van der Waals surface area contributed by atoms with E-state index in [0.717, 1.165) is 0 Å². The second-order valence-corrected chi connectivity index (χ2v) is 5.34. The van der Waals surface area contributed by atoms with Gasteiger partial charge in [-0.25, -0.2) is 22.0 Å². The number of rotatable bonds is 7. The Morgan fingerprint density at radius 3 is 2.20 bits per heavy atom. The van der Waals surface area contributed by atoms with Gasteiger partial charge in [-0.1, -0.05) is 42.1 Å². The van der Waals surface area contributed by atoms with E-state index in [1.807, 2.05) is 0 Å². The Bertz CT molecular complexity index is 436. The van der Waals surface area contributed by atoms with Gasteiger partial charge >= 0.3 is 0 Å². The van der Waals surface area contributed by atoms with Crippen molar-refractivity contribution in [3.05, 3.63) is 35.9 Å². The highest BCUT2D eigenvalue weighted by atomic mass is 32.2. The van der Waals surface area contributed by atoms with Crippen molar-refractivity contribution < 1.29 is 26.7 Å². The largest absolute Gasteiger partial charge is 0.282 e. The molecule has 1 nitrogen and oxygen atoms in total. The molecule has 0 N–H and O–H groups in total. The molecule has 0 aliphatic rings. The van der Waals surface area contributed by atoms with Crippen LogP contribution in [0.25, 0.3) is 0 Å². The number of benzene rings is 1. The molecule has 20 heavy (non-hydrogen) atoms. The van der Waals surface area contributed by atoms with Crippen LogP contribution >= 0.6 is 11.8 Å². The minimum atomic E-state index is -4.03. The Morgan fingerprint density at radius 1 is 1.05 bits per heavy atom. The van der Waals surface area contributed by atoms with E-state index in [4.69, 9.17) is 0 Å². The van der Waals surface area contributed by atoms with Gasteiger partial charge in [0.25, 0.3) is 11.8 Å². The van der Waals surface area contributed by atoms with Gasteiger partial charge < -0.3 is 0 Å². The number of halogens is 5. The van der Waals surface area contributed by atoms with Gasteiger partial charge in [0.1, 0.15) is 0 Å². The third-order valence-corrected chi connectivity index (χ3v) is 3.33. The molecule has 0 aliphatic heterocycles. The van der Waals surface area contributed by atoms with Crippen molar-refractivity contribution in [2.24, 2.45) is 0 Å². The predicted octanol–water partition coefficient (Wildman–Crippen LogP) is 4.58. The van der Waals surface area contributed by atoms with E-state index < -0.39 is 36.5 Å². The lowest BCUT2D eigenvalue weighted by Gasteiger charge is -2.20. The molecule has 0 aromatic heterocycles. The van der Waals surface area contributed by atoms with E-state index in [9.17, 15) is 26.7 Å². The van der Waals surface area contributed by atoms with Crippen molar-refractivity contribution >= 4 is 16.9 Å². The van der Waals surface area contributed by atoms with Crippen LogP contribution in [0.1, 0.15) is 23.2 Å². The first-order valence-electron chi connectivity index (χ1n) is 5.80. The summed E-state index contributed by atoms with van der Waals surface area (Å²) in [5.41, 5.74) is 0.356. The summed E-state index contributed by atoms with van der Waals surface area (Å²) in [6.07, 6.45) is -2.73. The van der Waals surface area contributed by atoms with Crippen LogP contribution in [0.4, 0.5) is 22.0 Å². The van der Waals surface area contributed by atoms with Crippen molar-refractivity contribution in [2.75, 3.05) is 12.4 Å². The second kappa shape index (κ2) is 7.06. The molecule has 0 heterocycles. The molecule has 0 unspecified atom stereocenters. The molecule has 0 aliphatic carbocycles. The molecule has 0 atom stereocenters. The zero-order valence-electron chi connectivity index (χ0n) is 10.4. The third-order valence-electron chi connectivity index (χ3n) is 2.42. The van der Waals surface area contributed by atoms with Gasteiger partial charge in [0.05, 0.1) is 6.42 Å². The molecule has 0 saturated heterocycles. The highest BCUT2D eigenvalue weighted by Crippen LogP contribution is 2.34. The third kappa shape index (κ3) is 5.90. The van der Waals surface area contributed by atoms with Crippen LogP contribution in [0.3, 0.4) is 0 Å². The average Bonchev–Trinajstić information content (AvgIpc) is 2.38. The molecule has 0 saturated carbocycles. The summed E-state index contributed by atoms with van der Waals surface area (Å²) in [6.45, 7) is -2.11. The molecule has 7 heteroatoms. The van der Waals surface area contributed by atoms with Crippen molar-refractivity contribution in [2.45, 2.75) is 24.7 Å². The Labute approximate surface area is 117 Å². The van der Waals surface area contributed by atoms with E-state index in [1.165, 1.54) is 12.1 Å². The highest BCUT2D eigenvalue weighted by molar-refractivity contribution is 8.14. The molecule has 0 radical (unpaired) electrons. The maximum Gasteiger partial charge on any atom is 0.281 e. The molecular weight excluding hydrogens is 299 g/mol. The van der Waals surface area contributed by atoms with E-state index in [1.54, 1.807) is 18.2 Å². The Balaban J connectivity index is 2.42. The van der Waals surface area contributed by atoms with E-state index >= 15 is 0 Å². The monoisotopic (exact) mass is 312 g/mol. The Kier molecular flexibility index (Phi) is 5.98. The molecule has 1 aromatic rings. The van der Waals surface area contributed by atoms with Crippen molar-refractivity contribution in [1.29, 1.82) is 0 Å². The molecule has 0 bridgehead atoms. The van der Waals surface area contributed by atoms with Gasteiger partial charge in [-0.2, -0.15) is 0 Å². The van der Waals surface area contributed by atoms with Crippen LogP contribution in [-0.4, -0.2) is 29.4 Å². The van der Waals surface area contributed by atoms with Gasteiger partial charge in [-0.05, 0) is 0 Å². The van der Waals surface area contributed by atoms with Crippen molar-refractivity contribution in [1.82, 2.24) is 0 Å². The van der Waals surface area contributed by atoms with Crippen LogP contribution in [0.2, 0.25) is 0 Å².